The molecule has 0 fully saturated rings. The van der Waals surface area contributed by atoms with E-state index in [0.717, 1.165) is 5.56 Å². The van der Waals surface area contributed by atoms with E-state index in [1.54, 1.807) is 12.1 Å². The number of amides is 2. The quantitative estimate of drug-likeness (QED) is 0.389. The van der Waals surface area contributed by atoms with Crippen molar-refractivity contribution in [3.05, 3.63) is 53.7 Å². The topological polar surface area (TPSA) is 147 Å². The number of carbonyl (C=O) groups excluding carboxylic acids is 2. The van der Waals surface area contributed by atoms with Gasteiger partial charge in [-0.2, -0.15) is 5.26 Å². The highest BCUT2D eigenvalue weighted by atomic mass is 32.2. The first kappa shape index (κ1) is 23.8. The molecular weight excluding hydrogens is 444 g/mol. The van der Waals surface area contributed by atoms with Gasteiger partial charge in [-0.15, -0.1) is 0 Å². The number of sulfonamides is 1. The summed E-state index contributed by atoms with van der Waals surface area (Å²) in [5.41, 5.74) is 2.18. The number of aromatic nitrogens is 1. The zero-order valence-corrected chi connectivity index (χ0v) is 19.2. The lowest BCUT2D eigenvalue weighted by Gasteiger charge is -2.12. The summed E-state index contributed by atoms with van der Waals surface area (Å²) in [5.74, 6) is -1.71. The van der Waals surface area contributed by atoms with Crippen LogP contribution in [0.2, 0.25) is 0 Å². The van der Waals surface area contributed by atoms with Gasteiger partial charge in [0.05, 0.1) is 21.7 Å². The molecule has 2 amide bonds. The summed E-state index contributed by atoms with van der Waals surface area (Å²) in [5, 5.41) is 14.8. The number of nitrogens with one attached hydrogen (secondary N) is 4. The van der Waals surface area contributed by atoms with Gasteiger partial charge in [0, 0.05) is 30.4 Å². The van der Waals surface area contributed by atoms with Crippen LogP contribution in [0.5, 0.6) is 0 Å². The van der Waals surface area contributed by atoms with Crippen molar-refractivity contribution in [3.63, 3.8) is 0 Å². The summed E-state index contributed by atoms with van der Waals surface area (Å²) < 4.78 is 28.5. The zero-order chi connectivity index (χ0) is 24.2. The second-order valence-corrected chi connectivity index (χ2v) is 9.32. The number of hydrogen-bond acceptors (Lipinski definition) is 6. The molecule has 10 nitrogen and oxygen atoms in total. The Kier molecular flexibility index (Phi) is 7.01. The lowest BCUT2D eigenvalue weighted by Crippen LogP contribution is -2.38. The molecular formula is C22H24N6O4S. The van der Waals surface area contributed by atoms with Gasteiger partial charge in [0.25, 0.3) is 10.0 Å². The van der Waals surface area contributed by atoms with E-state index in [2.05, 4.69) is 26.4 Å². The fraction of sp³-hybridized carbons (Fsp3) is 0.227. The van der Waals surface area contributed by atoms with Crippen LogP contribution in [-0.4, -0.2) is 57.3 Å². The highest BCUT2D eigenvalue weighted by Crippen LogP contribution is 2.30. The van der Waals surface area contributed by atoms with Crippen molar-refractivity contribution in [2.24, 2.45) is 0 Å². The maximum atomic E-state index is 13.0. The van der Waals surface area contributed by atoms with Crippen molar-refractivity contribution in [2.45, 2.75) is 11.8 Å². The third-order valence-electron chi connectivity index (χ3n) is 4.86. The molecule has 0 radical (unpaired) electrons. The molecule has 3 aromatic rings. The van der Waals surface area contributed by atoms with Crippen LogP contribution in [0.3, 0.4) is 0 Å². The summed E-state index contributed by atoms with van der Waals surface area (Å²) in [7, 11) is -0.349. The van der Waals surface area contributed by atoms with E-state index in [1.165, 1.54) is 30.5 Å². The molecule has 4 N–H and O–H groups in total. The molecule has 0 spiro atoms. The number of aryl methyl sites for hydroxylation is 1. The molecule has 1 heterocycles. The van der Waals surface area contributed by atoms with Crippen LogP contribution in [0.15, 0.2) is 47.5 Å². The summed E-state index contributed by atoms with van der Waals surface area (Å²) in [6.45, 7) is 2.70. The highest BCUT2D eigenvalue weighted by molar-refractivity contribution is 7.92. The molecule has 33 heavy (non-hydrogen) atoms. The van der Waals surface area contributed by atoms with E-state index in [0.29, 0.717) is 29.6 Å². The van der Waals surface area contributed by atoms with E-state index >= 15 is 0 Å². The molecule has 11 heteroatoms. The predicted octanol–water partition coefficient (Wildman–Crippen LogP) is 1.77. The second kappa shape index (κ2) is 9.72. The number of benzene rings is 2. The Hall–Kier alpha value is -3.88. The Morgan fingerprint density at radius 3 is 2.61 bits per heavy atom. The number of H-pyrrole nitrogens is 1. The van der Waals surface area contributed by atoms with E-state index < -0.39 is 21.8 Å². The molecule has 172 valence electrons. The first-order valence-corrected chi connectivity index (χ1v) is 11.5. The van der Waals surface area contributed by atoms with Gasteiger partial charge in [-0.1, -0.05) is 12.1 Å². The van der Waals surface area contributed by atoms with Crippen molar-refractivity contribution in [1.29, 1.82) is 5.26 Å². The molecule has 0 unspecified atom stereocenters. The Bertz CT molecular complexity index is 1350. The minimum atomic E-state index is -4.03. The molecule has 0 atom stereocenters. The predicted molar refractivity (Wildman–Crippen MR) is 125 cm³/mol. The van der Waals surface area contributed by atoms with Crippen LogP contribution in [0, 0.1) is 18.3 Å². The van der Waals surface area contributed by atoms with E-state index in [-0.39, 0.29) is 16.3 Å². The molecule has 0 aliphatic carbocycles. The van der Waals surface area contributed by atoms with Gasteiger partial charge >= 0.3 is 11.8 Å². The number of nitrogens with zero attached hydrogens (tertiary/aromatic N) is 2. The molecule has 2 aromatic carbocycles. The van der Waals surface area contributed by atoms with Crippen LogP contribution >= 0.6 is 0 Å². The van der Waals surface area contributed by atoms with Gasteiger partial charge in [0.1, 0.15) is 6.07 Å². The number of carbonyl (C=O) groups is 2. The van der Waals surface area contributed by atoms with Gasteiger partial charge < -0.3 is 20.5 Å². The number of hydrogen-bond donors (Lipinski definition) is 4. The Morgan fingerprint density at radius 2 is 1.91 bits per heavy atom. The van der Waals surface area contributed by atoms with Crippen LogP contribution in [-0.2, 0) is 19.6 Å². The standard InChI is InChI=1S/C22H24N6O4S/c1-14-7-8-18(20-19(14)15(12-23)13-25-20)27-33(31,32)17-6-4-5-16(11-17)26-22(30)21(29)24-9-10-28(2)3/h4-8,11,13,25,27H,9-10H2,1-3H3,(H,24,29)(H,26,30). The molecule has 0 bridgehead atoms. The van der Waals surface area contributed by atoms with Crippen LogP contribution in [0.1, 0.15) is 11.1 Å². The molecule has 1 aromatic heterocycles. The first-order valence-electron chi connectivity index (χ1n) is 10.00. The fourth-order valence-corrected chi connectivity index (χ4v) is 4.32. The Labute approximate surface area is 191 Å². The van der Waals surface area contributed by atoms with Crippen LogP contribution in [0.25, 0.3) is 10.9 Å². The third-order valence-corrected chi connectivity index (χ3v) is 6.22. The van der Waals surface area contributed by atoms with E-state index in [1.807, 2.05) is 25.9 Å². The van der Waals surface area contributed by atoms with Crippen molar-refractivity contribution in [1.82, 2.24) is 15.2 Å². The van der Waals surface area contributed by atoms with Gasteiger partial charge in [-0.25, -0.2) is 8.42 Å². The second-order valence-electron chi connectivity index (χ2n) is 7.64. The van der Waals surface area contributed by atoms with Crippen molar-refractivity contribution in [2.75, 3.05) is 37.2 Å². The molecule has 0 aliphatic rings. The summed E-state index contributed by atoms with van der Waals surface area (Å²) in [6, 6.07) is 11.0. The van der Waals surface area contributed by atoms with E-state index in [4.69, 9.17) is 0 Å². The smallest absolute Gasteiger partial charge is 0.313 e. The summed E-state index contributed by atoms with van der Waals surface area (Å²) >= 11 is 0. The minimum absolute atomic E-state index is 0.103. The Balaban J connectivity index is 1.79. The largest absolute Gasteiger partial charge is 0.358 e. The highest BCUT2D eigenvalue weighted by Gasteiger charge is 2.19. The lowest BCUT2D eigenvalue weighted by molar-refractivity contribution is -0.136. The fourth-order valence-electron chi connectivity index (χ4n) is 3.20. The average Bonchev–Trinajstić information content (AvgIpc) is 3.21. The van der Waals surface area contributed by atoms with Crippen LogP contribution < -0.4 is 15.4 Å². The van der Waals surface area contributed by atoms with E-state index in [9.17, 15) is 23.3 Å². The zero-order valence-electron chi connectivity index (χ0n) is 18.4. The third kappa shape index (κ3) is 5.49. The maximum Gasteiger partial charge on any atom is 0.313 e. The minimum Gasteiger partial charge on any atom is -0.358 e. The van der Waals surface area contributed by atoms with Crippen molar-refractivity contribution in [3.8, 4) is 6.07 Å². The number of likely N-dealkylation sites (N-methyl/N-ethyl adjacent to an activating group) is 1. The lowest BCUT2D eigenvalue weighted by atomic mass is 10.1. The van der Waals surface area contributed by atoms with Gasteiger partial charge in [0.15, 0.2) is 0 Å². The molecule has 3 rings (SSSR count). The first-order chi connectivity index (χ1) is 15.6. The number of rotatable bonds is 7. The summed E-state index contributed by atoms with van der Waals surface area (Å²) in [4.78, 5) is 28.7. The molecule has 0 saturated carbocycles. The number of anilines is 2. The van der Waals surface area contributed by atoms with Gasteiger partial charge in [0.2, 0.25) is 0 Å². The normalized spacial score (nSPS) is 11.2. The molecule has 0 saturated heterocycles. The maximum absolute atomic E-state index is 13.0. The van der Waals surface area contributed by atoms with Gasteiger partial charge in [-0.05, 0) is 50.8 Å². The number of aromatic amines is 1. The monoisotopic (exact) mass is 468 g/mol. The van der Waals surface area contributed by atoms with Gasteiger partial charge in [-0.3, -0.25) is 14.3 Å². The van der Waals surface area contributed by atoms with Crippen molar-refractivity contribution < 1.29 is 18.0 Å². The SMILES string of the molecule is Cc1ccc(NS(=O)(=O)c2cccc(NC(=O)C(=O)NCCN(C)C)c2)c2[nH]cc(C#N)c12. The number of fused-ring (bicyclic) bond motifs is 1. The number of nitriles is 1. The Morgan fingerprint density at radius 1 is 1.15 bits per heavy atom. The van der Waals surface area contributed by atoms with Crippen LogP contribution in [0.4, 0.5) is 11.4 Å². The average molecular weight is 469 g/mol. The summed E-state index contributed by atoms with van der Waals surface area (Å²) in [6.07, 6.45) is 1.52. The molecule has 0 aliphatic heterocycles. The van der Waals surface area contributed by atoms with Crippen molar-refractivity contribution >= 4 is 44.1 Å².